The molecule has 5 heteroatoms. The van der Waals surface area contributed by atoms with Crippen LogP contribution in [0.3, 0.4) is 0 Å². The van der Waals surface area contributed by atoms with Gasteiger partial charge in [0.2, 0.25) is 0 Å². The van der Waals surface area contributed by atoms with E-state index in [4.69, 9.17) is 0 Å². The minimum atomic E-state index is -0.413. The summed E-state index contributed by atoms with van der Waals surface area (Å²) in [4.78, 5) is 28.4. The van der Waals surface area contributed by atoms with E-state index in [1.807, 2.05) is 13.8 Å². The highest BCUT2D eigenvalue weighted by atomic mass is 16.2. The van der Waals surface area contributed by atoms with Crippen LogP contribution in [0.5, 0.6) is 0 Å². The van der Waals surface area contributed by atoms with Crippen molar-refractivity contribution in [2.24, 2.45) is 7.05 Å². The number of nitrogens with zero attached hydrogens (tertiary/aromatic N) is 2. The van der Waals surface area contributed by atoms with Gasteiger partial charge in [-0.2, -0.15) is 0 Å². The lowest BCUT2D eigenvalue weighted by Crippen LogP contribution is -2.28. The summed E-state index contributed by atoms with van der Waals surface area (Å²) in [6, 6.07) is 1.63. The van der Waals surface area contributed by atoms with Gasteiger partial charge in [0.15, 0.2) is 0 Å². The van der Waals surface area contributed by atoms with E-state index in [9.17, 15) is 9.59 Å². The molecule has 80 valence electrons. The van der Waals surface area contributed by atoms with Crippen LogP contribution in [-0.2, 0) is 7.05 Å². The fourth-order valence-corrected chi connectivity index (χ4v) is 1.21. The highest BCUT2D eigenvalue weighted by Crippen LogP contribution is 2.01. The summed E-state index contributed by atoms with van der Waals surface area (Å²) in [6.07, 6.45) is 2.98. The molecule has 15 heavy (non-hydrogen) atoms. The fraction of sp³-hybridized carbons (Fsp3) is 0.300. The lowest BCUT2D eigenvalue weighted by atomic mass is 10.3. The summed E-state index contributed by atoms with van der Waals surface area (Å²) in [5.41, 5.74) is -0.223. The number of fused-ring (bicyclic) bond motifs is 1. The zero-order valence-electron chi connectivity index (χ0n) is 8.94. The van der Waals surface area contributed by atoms with Gasteiger partial charge in [0.25, 0.3) is 5.56 Å². The zero-order chi connectivity index (χ0) is 11.4. The Kier molecular flexibility index (Phi) is 3.38. The third kappa shape index (κ3) is 1.96. The Hall–Kier alpha value is -1.91. The molecule has 1 N–H and O–H groups in total. The second-order valence-electron chi connectivity index (χ2n) is 2.71. The molecule has 0 amide bonds. The maximum atomic E-state index is 11.2. The van der Waals surface area contributed by atoms with Crippen molar-refractivity contribution in [3.8, 4) is 0 Å². The molecule has 0 bridgehead atoms. The number of H-pyrrole nitrogens is 1. The molecule has 0 aromatic carbocycles. The van der Waals surface area contributed by atoms with Gasteiger partial charge in [0.1, 0.15) is 0 Å². The Labute approximate surface area is 86.4 Å². The molecule has 0 aliphatic rings. The van der Waals surface area contributed by atoms with E-state index >= 15 is 0 Å². The van der Waals surface area contributed by atoms with Crippen LogP contribution in [0.25, 0.3) is 10.9 Å². The molecule has 0 radical (unpaired) electrons. The van der Waals surface area contributed by atoms with E-state index in [0.29, 0.717) is 10.9 Å². The summed E-state index contributed by atoms with van der Waals surface area (Å²) in [5.74, 6) is 0. The quantitative estimate of drug-likeness (QED) is 0.689. The molecule has 0 aliphatic heterocycles. The molecular formula is C10H13N3O2. The van der Waals surface area contributed by atoms with Gasteiger partial charge in [-0.05, 0) is 6.07 Å². The van der Waals surface area contributed by atoms with E-state index < -0.39 is 11.2 Å². The smallest absolute Gasteiger partial charge is 0.296 e. The number of aromatic nitrogens is 3. The molecule has 0 aliphatic carbocycles. The SMILES string of the molecule is CC.Cn1c(=O)[nH]c(=O)c2cnccc21. The molecule has 5 nitrogen and oxygen atoms in total. The van der Waals surface area contributed by atoms with E-state index in [2.05, 4.69) is 9.97 Å². The molecule has 2 rings (SSSR count). The first-order chi connectivity index (χ1) is 7.20. The number of pyridine rings is 1. The highest BCUT2D eigenvalue weighted by molar-refractivity contribution is 5.76. The van der Waals surface area contributed by atoms with Gasteiger partial charge < -0.3 is 0 Å². The summed E-state index contributed by atoms with van der Waals surface area (Å²) in [5, 5.41) is 0.421. The molecular weight excluding hydrogens is 194 g/mol. The van der Waals surface area contributed by atoms with Crippen LogP contribution < -0.4 is 11.2 Å². The third-order valence-electron chi connectivity index (χ3n) is 1.93. The summed E-state index contributed by atoms with van der Waals surface area (Å²) in [7, 11) is 1.60. The molecule has 0 spiro atoms. The van der Waals surface area contributed by atoms with Crippen LogP contribution >= 0.6 is 0 Å². The van der Waals surface area contributed by atoms with Gasteiger partial charge in [0, 0.05) is 19.4 Å². The normalized spacial score (nSPS) is 9.53. The van der Waals surface area contributed by atoms with Gasteiger partial charge in [-0.1, -0.05) is 13.8 Å². The van der Waals surface area contributed by atoms with Gasteiger partial charge >= 0.3 is 5.69 Å². The van der Waals surface area contributed by atoms with Crippen molar-refractivity contribution in [3.63, 3.8) is 0 Å². The first-order valence-electron chi connectivity index (χ1n) is 4.73. The summed E-state index contributed by atoms with van der Waals surface area (Å²) < 4.78 is 1.37. The topological polar surface area (TPSA) is 67.8 Å². The maximum absolute atomic E-state index is 11.2. The van der Waals surface area contributed by atoms with Crippen LogP contribution in [0.15, 0.2) is 28.0 Å². The molecule has 0 saturated heterocycles. The third-order valence-corrected chi connectivity index (χ3v) is 1.93. The Morgan fingerprint density at radius 1 is 1.33 bits per heavy atom. The van der Waals surface area contributed by atoms with Crippen LogP contribution in [0.4, 0.5) is 0 Å². The second kappa shape index (κ2) is 4.54. The fourth-order valence-electron chi connectivity index (χ4n) is 1.21. The number of hydrogen-bond donors (Lipinski definition) is 1. The van der Waals surface area contributed by atoms with Gasteiger partial charge in [-0.25, -0.2) is 4.79 Å². The van der Waals surface area contributed by atoms with Gasteiger partial charge in [0.05, 0.1) is 10.9 Å². The monoisotopic (exact) mass is 207 g/mol. The van der Waals surface area contributed by atoms with Crippen molar-refractivity contribution in [1.29, 1.82) is 0 Å². The lowest BCUT2D eigenvalue weighted by molar-refractivity contribution is 0.841. The van der Waals surface area contributed by atoms with E-state index in [1.165, 1.54) is 10.8 Å². The van der Waals surface area contributed by atoms with E-state index in [1.54, 1.807) is 19.3 Å². The minimum absolute atomic E-state index is 0.397. The molecule has 0 fully saturated rings. The first-order valence-corrected chi connectivity index (χ1v) is 4.73. The number of nitrogens with one attached hydrogen (secondary N) is 1. The molecule has 2 aromatic heterocycles. The number of hydrogen-bond acceptors (Lipinski definition) is 3. The predicted molar refractivity (Wildman–Crippen MR) is 59.0 cm³/mol. The van der Waals surface area contributed by atoms with Crippen LogP contribution in [0.1, 0.15) is 13.8 Å². The maximum Gasteiger partial charge on any atom is 0.328 e. The minimum Gasteiger partial charge on any atom is -0.296 e. The average Bonchev–Trinajstić information content (AvgIpc) is 2.29. The van der Waals surface area contributed by atoms with E-state index in [0.717, 1.165) is 0 Å². The van der Waals surface area contributed by atoms with Gasteiger partial charge in [-0.3, -0.25) is 19.3 Å². The Morgan fingerprint density at radius 3 is 2.67 bits per heavy atom. The predicted octanol–water partition coefficient (Wildman–Crippen LogP) is 0.648. The number of rotatable bonds is 0. The van der Waals surface area contributed by atoms with Crippen LogP contribution in [0, 0.1) is 0 Å². The largest absolute Gasteiger partial charge is 0.328 e. The Balaban J connectivity index is 0.000000531. The number of aromatic amines is 1. The van der Waals surface area contributed by atoms with Crippen molar-refractivity contribution >= 4 is 10.9 Å². The molecule has 0 unspecified atom stereocenters. The van der Waals surface area contributed by atoms with Crippen LogP contribution in [-0.4, -0.2) is 14.5 Å². The van der Waals surface area contributed by atoms with Gasteiger partial charge in [-0.15, -0.1) is 0 Å². The zero-order valence-corrected chi connectivity index (χ0v) is 8.94. The standard InChI is InChI=1S/C8H7N3O2.C2H6/c1-11-6-2-3-9-4-5(6)7(12)10-8(11)13;1-2/h2-4H,1H3,(H,10,12,13);1-2H3. The van der Waals surface area contributed by atoms with E-state index in [-0.39, 0.29) is 0 Å². The Morgan fingerprint density at radius 2 is 2.00 bits per heavy atom. The molecule has 0 saturated carbocycles. The second-order valence-corrected chi connectivity index (χ2v) is 2.71. The average molecular weight is 207 g/mol. The van der Waals surface area contributed by atoms with Crippen LogP contribution in [0.2, 0.25) is 0 Å². The van der Waals surface area contributed by atoms with Crippen molar-refractivity contribution in [3.05, 3.63) is 39.3 Å². The molecule has 2 heterocycles. The van der Waals surface area contributed by atoms with Crippen molar-refractivity contribution in [2.75, 3.05) is 0 Å². The van der Waals surface area contributed by atoms with Crippen molar-refractivity contribution in [2.45, 2.75) is 13.8 Å². The lowest BCUT2D eigenvalue weighted by Gasteiger charge is -2.00. The molecule has 2 aromatic rings. The Bertz CT molecular complexity index is 569. The van der Waals surface area contributed by atoms with Crippen molar-refractivity contribution in [1.82, 2.24) is 14.5 Å². The summed E-state index contributed by atoms with van der Waals surface area (Å²) >= 11 is 0. The highest BCUT2D eigenvalue weighted by Gasteiger charge is 2.02. The van der Waals surface area contributed by atoms with Crippen molar-refractivity contribution < 1.29 is 0 Å². The summed E-state index contributed by atoms with van der Waals surface area (Å²) in [6.45, 7) is 4.00. The number of aryl methyl sites for hydroxylation is 1. The molecule has 0 atom stereocenters. The first kappa shape index (κ1) is 11.2.